The van der Waals surface area contributed by atoms with Crippen LogP contribution in [0, 0.1) is 0 Å². The van der Waals surface area contributed by atoms with E-state index in [-0.39, 0.29) is 10.7 Å². The number of hydrogen-bond acceptors (Lipinski definition) is 5. The van der Waals surface area contributed by atoms with Crippen LogP contribution in [0.15, 0.2) is 47.5 Å². The molecule has 2 aromatic rings. The number of rotatable bonds is 3. The lowest BCUT2D eigenvalue weighted by Gasteiger charge is -2.28. The van der Waals surface area contributed by atoms with Gasteiger partial charge in [0, 0.05) is 19.3 Å². The third-order valence-electron chi connectivity index (χ3n) is 3.62. The largest absolute Gasteiger partial charge is 0.307 e. The van der Waals surface area contributed by atoms with Gasteiger partial charge in [-0.1, -0.05) is 24.3 Å². The van der Waals surface area contributed by atoms with Crippen molar-refractivity contribution in [3.63, 3.8) is 0 Å². The molecule has 2 heterocycles. The summed E-state index contributed by atoms with van der Waals surface area (Å²) < 4.78 is 27.0. The van der Waals surface area contributed by atoms with Crippen LogP contribution in [0.3, 0.4) is 0 Å². The van der Waals surface area contributed by atoms with Crippen LogP contribution < -0.4 is 11.3 Å². The number of aromatic nitrogens is 1. The molecule has 3 N–H and O–H groups in total. The van der Waals surface area contributed by atoms with Crippen LogP contribution in [0.25, 0.3) is 0 Å². The zero-order chi connectivity index (χ0) is 14.9. The molecule has 0 radical (unpaired) electrons. The summed E-state index contributed by atoms with van der Waals surface area (Å²) in [6.07, 6.45) is 2.21. The molecule has 1 aliphatic rings. The smallest absolute Gasteiger partial charge is 0.247 e. The number of benzene rings is 1. The van der Waals surface area contributed by atoms with Crippen molar-refractivity contribution in [2.45, 2.75) is 17.9 Å². The maximum Gasteiger partial charge on any atom is 0.247 e. The first-order valence-corrected chi connectivity index (χ1v) is 8.05. The molecule has 0 atom stereocenters. The molecule has 0 saturated carbocycles. The van der Waals surface area contributed by atoms with Crippen LogP contribution in [-0.4, -0.2) is 24.3 Å². The van der Waals surface area contributed by atoms with E-state index in [1.807, 2.05) is 24.3 Å². The fourth-order valence-corrected chi connectivity index (χ4v) is 4.05. The second-order valence-electron chi connectivity index (χ2n) is 4.85. The van der Waals surface area contributed by atoms with Crippen LogP contribution >= 0.6 is 0 Å². The van der Waals surface area contributed by atoms with E-state index in [1.165, 1.54) is 22.1 Å². The Morgan fingerprint density at radius 2 is 1.90 bits per heavy atom. The first-order valence-electron chi connectivity index (χ1n) is 6.61. The normalized spacial score (nSPS) is 15.5. The van der Waals surface area contributed by atoms with E-state index in [1.54, 1.807) is 6.07 Å². The van der Waals surface area contributed by atoms with Crippen molar-refractivity contribution in [2.24, 2.45) is 5.84 Å². The zero-order valence-corrected chi connectivity index (χ0v) is 12.2. The van der Waals surface area contributed by atoms with Crippen molar-refractivity contribution in [1.82, 2.24) is 9.29 Å². The van der Waals surface area contributed by atoms with E-state index in [9.17, 15) is 8.42 Å². The number of anilines is 1. The van der Waals surface area contributed by atoms with Crippen molar-refractivity contribution < 1.29 is 8.42 Å². The van der Waals surface area contributed by atoms with E-state index in [0.717, 1.165) is 5.56 Å². The summed E-state index contributed by atoms with van der Waals surface area (Å²) in [4.78, 5) is 4.06. The topological polar surface area (TPSA) is 88.3 Å². The summed E-state index contributed by atoms with van der Waals surface area (Å²) in [6, 6.07) is 11.0. The number of hydrogen-bond donors (Lipinski definition) is 2. The molecule has 6 nitrogen and oxygen atoms in total. The van der Waals surface area contributed by atoms with Gasteiger partial charge in [-0.15, -0.1) is 0 Å². The Hall–Kier alpha value is -1.96. The van der Waals surface area contributed by atoms with Crippen molar-refractivity contribution >= 4 is 15.8 Å². The molecule has 3 rings (SSSR count). The Morgan fingerprint density at radius 1 is 1.14 bits per heavy atom. The molecule has 0 aliphatic carbocycles. The van der Waals surface area contributed by atoms with Gasteiger partial charge < -0.3 is 5.43 Å². The zero-order valence-electron chi connectivity index (χ0n) is 11.4. The number of hydrazine groups is 1. The maximum atomic E-state index is 12.8. The van der Waals surface area contributed by atoms with Gasteiger partial charge in [-0.05, 0) is 29.7 Å². The molecule has 21 heavy (non-hydrogen) atoms. The van der Waals surface area contributed by atoms with E-state index in [4.69, 9.17) is 5.84 Å². The third-order valence-corrected chi connectivity index (χ3v) is 5.50. The molecule has 0 unspecified atom stereocenters. The molecule has 0 saturated heterocycles. The SMILES string of the molecule is NNc1ncccc1S(=O)(=O)N1CCc2ccccc2C1. The predicted molar refractivity (Wildman–Crippen MR) is 79.8 cm³/mol. The Morgan fingerprint density at radius 3 is 2.67 bits per heavy atom. The third kappa shape index (κ3) is 2.51. The van der Waals surface area contributed by atoms with Crippen LogP contribution in [0.4, 0.5) is 5.82 Å². The Balaban J connectivity index is 1.97. The van der Waals surface area contributed by atoms with Crippen molar-refractivity contribution in [3.05, 3.63) is 53.7 Å². The minimum Gasteiger partial charge on any atom is -0.307 e. The van der Waals surface area contributed by atoms with Crippen LogP contribution in [0.1, 0.15) is 11.1 Å². The molecule has 1 aromatic carbocycles. The van der Waals surface area contributed by atoms with Crippen LogP contribution in [0.5, 0.6) is 0 Å². The van der Waals surface area contributed by atoms with Gasteiger partial charge in [-0.25, -0.2) is 19.2 Å². The number of sulfonamides is 1. The van der Waals surface area contributed by atoms with Gasteiger partial charge in [0.2, 0.25) is 10.0 Å². The minimum absolute atomic E-state index is 0.104. The molecule has 1 aliphatic heterocycles. The lowest BCUT2D eigenvalue weighted by molar-refractivity contribution is 0.391. The standard InChI is InChI=1S/C14H16N4O2S/c15-17-14-13(6-3-8-16-14)21(19,20)18-9-7-11-4-1-2-5-12(11)10-18/h1-6,8H,7,9-10,15H2,(H,16,17). The summed E-state index contributed by atoms with van der Waals surface area (Å²) in [6.45, 7) is 0.829. The summed E-state index contributed by atoms with van der Waals surface area (Å²) in [5, 5.41) is 0. The Bertz CT molecular complexity index is 761. The molecule has 0 bridgehead atoms. The molecule has 110 valence electrons. The van der Waals surface area contributed by atoms with Gasteiger partial charge in [0.1, 0.15) is 4.90 Å². The molecule has 0 fully saturated rings. The molecule has 0 amide bonds. The lowest BCUT2D eigenvalue weighted by atomic mass is 10.0. The van der Waals surface area contributed by atoms with E-state index >= 15 is 0 Å². The molecule has 7 heteroatoms. The first kappa shape index (κ1) is 14.0. The summed E-state index contributed by atoms with van der Waals surface area (Å²) in [7, 11) is -3.62. The first-order chi connectivity index (χ1) is 10.1. The lowest BCUT2D eigenvalue weighted by Crippen LogP contribution is -2.36. The van der Waals surface area contributed by atoms with Gasteiger partial charge in [0.15, 0.2) is 5.82 Å². The summed E-state index contributed by atoms with van der Waals surface area (Å²) in [5.41, 5.74) is 4.58. The van der Waals surface area contributed by atoms with Gasteiger partial charge in [-0.3, -0.25) is 0 Å². The molecular formula is C14H16N4O2S. The number of nitrogens with two attached hydrogens (primary N) is 1. The van der Waals surface area contributed by atoms with Gasteiger partial charge in [-0.2, -0.15) is 4.31 Å². The van der Waals surface area contributed by atoms with Gasteiger partial charge >= 0.3 is 0 Å². The highest BCUT2D eigenvalue weighted by Crippen LogP contribution is 2.27. The second-order valence-corrected chi connectivity index (χ2v) is 6.76. The maximum absolute atomic E-state index is 12.8. The van der Waals surface area contributed by atoms with Crippen molar-refractivity contribution in [3.8, 4) is 0 Å². The average Bonchev–Trinajstić information content (AvgIpc) is 2.54. The average molecular weight is 304 g/mol. The van der Waals surface area contributed by atoms with Crippen LogP contribution in [-0.2, 0) is 23.0 Å². The number of nitrogens with one attached hydrogen (secondary N) is 1. The van der Waals surface area contributed by atoms with E-state index in [0.29, 0.717) is 19.5 Å². The molecule has 1 aromatic heterocycles. The van der Waals surface area contributed by atoms with Gasteiger partial charge in [0.25, 0.3) is 0 Å². The van der Waals surface area contributed by atoms with Crippen LogP contribution in [0.2, 0.25) is 0 Å². The van der Waals surface area contributed by atoms with E-state index in [2.05, 4.69) is 10.4 Å². The number of nitrogen functional groups attached to an aromatic ring is 1. The number of fused-ring (bicyclic) bond motifs is 1. The number of nitrogens with zero attached hydrogens (tertiary/aromatic N) is 2. The Kier molecular flexibility index (Phi) is 3.62. The highest BCUT2D eigenvalue weighted by molar-refractivity contribution is 7.89. The summed E-state index contributed by atoms with van der Waals surface area (Å²) in [5.74, 6) is 5.52. The fourth-order valence-electron chi connectivity index (χ4n) is 2.52. The minimum atomic E-state index is -3.62. The molecule has 0 spiro atoms. The summed E-state index contributed by atoms with van der Waals surface area (Å²) >= 11 is 0. The monoisotopic (exact) mass is 304 g/mol. The van der Waals surface area contributed by atoms with Crippen molar-refractivity contribution in [2.75, 3.05) is 12.0 Å². The second kappa shape index (κ2) is 5.44. The highest BCUT2D eigenvalue weighted by atomic mass is 32.2. The molecular weight excluding hydrogens is 288 g/mol. The number of pyridine rings is 1. The highest BCUT2D eigenvalue weighted by Gasteiger charge is 2.30. The van der Waals surface area contributed by atoms with Crippen molar-refractivity contribution in [1.29, 1.82) is 0 Å². The Labute approximate surface area is 123 Å². The fraction of sp³-hybridized carbons (Fsp3) is 0.214. The van der Waals surface area contributed by atoms with E-state index < -0.39 is 10.0 Å². The predicted octanol–water partition coefficient (Wildman–Crippen LogP) is 1.11. The quantitative estimate of drug-likeness (QED) is 0.655. The van der Waals surface area contributed by atoms with Gasteiger partial charge in [0.05, 0.1) is 0 Å².